The Labute approximate surface area is 132 Å². The maximum Gasteiger partial charge on any atom is 0.252 e. The average Bonchev–Trinajstić information content (AvgIpc) is 2.43. The van der Waals surface area contributed by atoms with Crippen LogP contribution < -0.4 is 5.32 Å². The number of hydrogen-bond acceptors (Lipinski definition) is 3. The van der Waals surface area contributed by atoms with Gasteiger partial charge >= 0.3 is 0 Å². The quantitative estimate of drug-likeness (QED) is 0.835. The number of aliphatic hydroxyl groups is 1. The molecule has 1 amide bonds. The van der Waals surface area contributed by atoms with E-state index in [1.165, 1.54) is 12.1 Å². The number of carbonyl (C=O) groups is 1. The zero-order valence-electron chi connectivity index (χ0n) is 11.5. The van der Waals surface area contributed by atoms with Gasteiger partial charge in [0.1, 0.15) is 11.4 Å². The summed E-state index contributed by atoms with van der Waals surface area (Å²) >= 11 is 11.6. The van der Waals surface area contributed by atoms with E-state index in [9.17, 15) is 14.3 Å². The van der Waals surface area contributed by atoms with Crippen LogP contribution in [0.25, 0.3) is 0 Å². The zero-order valence-corrected chi connectivity index (χ0v) is 13.0. The fraction of sp³-hybridized carbons (Fsp3) is 0.500. The Morgan fingerprint density at radius 3 is 2.67 bits per heavy atom. The molecule has 7 heteroatoms. The van der Waals surface area contributed by atoms with Crippen molar-refractivity contribution in [1.29, 1.82) is 0 Å². The predicted molar refractivity (Wildman–Crippen MR) is 78.0 cm³/mol. The zero-order chi connectivity index (χ0) is 15.6. The lowest BCUT2D eigenvalue weighted by Crippen LogP contribution is -2.50. The molecule has 0 saturated carbocycles. The molecule has 1 heterocycles. The fourth-order valence-corrected chi connectivity index (χ4v) is 2.75. The second-order valence-corrected chi connectivity index (χ2v) is 5.97. The molecule has 1 aromatic carbocycles. The number of amides is 1. The van der Waals surface area contributed by atoms with E-state index in [4.69, 9.17) is 27.9 Å². The van der Waals surface area contributed by atoms with Gasteiger partial charge in [0.2, 0.25) is 0 Å². The molecule has 4 nitrogen and oxygen atoms in total. The van der Waals surface area contributed by atoms with Crippen LogP contribution in [0.5, 0.6) is 0 Å². The molecule has 2 rings (SSSR count). The smallest absolute Gasteiger partial charge is 0.252 e. The van der Waals surface area contributed by atoms with E-state index < -0.39 is 23.4 Å². The Morgan fingerprint density at radius 1 is 1.43 bits per heavy atom. The Bertz CT molecular complexity index is 547. The molecule has 21 heavy (non-hydrogen) atoms. The fourth-order valence-electron chi connectivity index (χ4n) is 2.24. The minimum atomic E-state index is -1.48. The van der Waals surface area contributed by atoms with Gasteiger partial charge in [0, 0.05) is 36.6 Å². The third-order valence-electron chi connectivity index (χ3n) is 3.58. The predicted octanol–water partition coefficient (Wildman–Crippen LogP) is 2.85. The van der Waals surface area contributed by atoms with Gasteiger partial charge in [-0.1, -0.05) is 23.2 Å². The summed E-state index contributed by atoms with van der Waals surface area (Å²) in [5, 5.41) is 13.0. The molecule has 1 aliphatic rings. The van der Waals surface area contributed by atoms with E-state index in [0.29, 0.717) is 13.2 Å². The van der Waals surface area contributed by atoms with Crippen molar-refractivity contribution in [2.45, 2.75) is 31.4 Å². The van der Waals surface area contributed by atoms with Gasteiger partial charge in [-0.2, -0.15) is 0 Å². The number of rotatable bonds is 3. The molecule has 0 aromatic heterocycles. The van der Waals surface area contributed by atoms with E-state index in [1.54, 1.807) is 6.92 Å². The molecule has 1 unspecified atom stereocenters. The standard InChI is InChI=1S/C14H16Cl2FNO3/c1-8(10-6-9(15)7-11(16)12(10)17)18-13(19)14(20)2-4-21-5-3-14/h6-8,20H,2-5H2,1H3,(H,18,19). The van der Waals surface area contributed by atoms with E-state index in [1.807, 2.05) is 0 Å². The third kappa shape index (κ3) is 3.66. The van der Waals surface area contributed by atoms with Gasteiger partial charge in [-0.05, 0) is 19.1 Å². The highest BCUT2D eigenvalue weighted by molar-refractivity contribution is 6.34. The molecule has 1 fully saturated rings. The molecule has 0 bridgehead atoms. The van der Waals surface area contributed by atoms with Crippen molar-refractivity contribution in [3.05, 3.63) is 33.6 Å². The molecule has 1 aromatic rings. The second kappa shape index (κ2) is 6.48. The van der Waals surface area contributed by atoms with Crippen molar-refractivity contribution < 1.29 is 19.0 Å². The summed E-state index contributed by atoms with van der Waals surface area (Å²) in [5.41, 5.74) is -1.30. The van der Waals surface area contributed by atoms with Crippen LogP contribution in [-0.4, -0.2) is 29.8 Å². The summed E-state index contributed by atoms with van der Waals surface area (Å²) in [5.74, 6) is -1.18. The lowest BCUT2D eigenvalue weighted by Gasteiger charge is -2.31. The molecular formula is C14H16Cl2FNO3. The van der Waals surface area contributed by atoms with Gasteiger partial charge in [-0.15, -0.1) is 0 Å². The second-order valence-electron chi connectivity index (χ2n) is 5.13. The maximum atomic E-state index is 14.0. The van der Waals surface area contributed by atoms with Crippen LogP contribution in [0.15, 0.2) is 12.1 Å². The Morgan fingerprint density at radius 2 is 2.05 bits per heavy atom. The van der Waals surface area contributed by atoms with Crippen LogP contribution >= 0.6 is 23.2 Å². The van der Waals surface area contributed by atoms with Gasteiger partial charge in [-0.3, -0.25) is 4.79 Å². The molecule has 116 valence electrons. The summed E-state index contributed by atoms with van der Waals surface area (Å²) in [7, 11) is 0. The highest BCUT2D eigenvalue weighted by Gasteiger charge is 2.38. The number of hydrogen-bond donors (Lipinski definition) is 2. The van der Waals surface area contributed by atoms with Gasteiger partial charge < -0.3 is 15.2 Å². The lowest BCUT2D eigenvalue weighted by atomic mass is 9.92. The van der Waals surface area contributed by atoms with Crippen molar-refractivity contribution in [1.82, 2.24) is 5.32 Å². The van der Waals surface area contributed by atoms with Crippen LogP contribution in [0.4, 0.5) is 4.39 Å². The van der Waals surface area contributed by atoms with Crippen LogP contribution in [0.1, 0.15) is 31.4 Å². The molecule has 1 atom stereocenters. The number of carbonyl (C=O) groups excluding carboxylic acids is 1. The highest BCUT2D eigenvalue weighted by atomic mass is 35.5. The molecule has 0 radical (unpaired) electrons. The number of ether oxygens (including phenoxy) is 1. The van der Waals surface area contributed by atoms with Gasteiger partial charge in [0.25, 0.3) is 5.91 Å². The Hall–Kier alpha value is -0.880. The highest BCUT2D eigenvalue weighted by Crippen LogP contribution is 2.29. The molecule has 0 aliphatic carbocycles. The molecule has 2 N–H and O–H groups in total. The van der Waals surface area contributed by atoms with Crippen LogP contribution in [0.2, 0.25) is 10.0 Å². The largest absolute Gasteiger partial charge is 0.381 e. The first-order valence-corrected chi connectivity index (χ1v) is 7.34. The number of halogens is 3. The van der Waals surface area contributed by atoms with Gasteiger partial charge in [-0.25, -0.2) is 4.39 Å². The van der Waals surface area contributed by atoms with E-state index in [2.05, 4.69) is 5.32 Å². The number of benzene rings is 1. The number of nitrogens with one attached hydrogen (secondary N) is 1. The van der Waals surface area contributed by atoms with E-state index in [0.717, 1.165) is 0 Å². The van der Waals surface area contributed by atoms with Crippen molar-refractivity contribution >= 4 is 29.1 Å². The summed E-state index contributed by atoms with van der Waals surface area (Å²) in [4.78, 5) is 12.2. The van der Waals surface area contributed by atoms with Crippen LogP contribution in [0, 0.1) is 5.82 Å². The maximum absolute atomic E-state index is 14.0. The molecule has 1 saturated heterocycles. The third-order valence-corrected chi connectivity index (χ3v) is 4.07. The summed E-state index contributed by atoms with van der Waals surface area (Å²) in [6.45, 7) is 2.23. The molecular weight excluding hydrogens is 320 g/mol. The minimum Gasteiger partial charge on any atom is -0.381 e. The van der Waals surface area contributed by atoms with Gasteiger partial charge in [0.15, 0.2) is 0 Å². The summed E-state index contributed by atoms with van der Waals surface area (Å²) in [6, 6.07) is 2.03. The first kappa shape index (κ1) is 16.5. The average molecular weight is 336 g/mol. The minimum absolute atomic E-state index is 0.108. The lowest BCUT2D eigenvalue weighted by molar-refractivity contribution is -0.150. The summed E-state index contributed by atoms with van der Waals surface area (Å²) < 4.78 is 19.1. The van der Waals surface area contributed by atoms with Gasteiger partial charge in [0.05, 0.1) is 11.1 Å². The molecule has 1 aliphatic heterocycles. The topological polar surface area (TPSA) is 58.6 Å². The van der Waals surface area contributed by atoms with E-state index >= 15 is 0 Å². The monoisotopic (exact) mass is 335 g/mol. The Balaban J connectivity index is 2.14. The van der Waals surface area contributed by atoms with Crippen LogP contribution in [-0.2, 0) is 9.53 Å². The first-order valence-electron chi connectivity index (χ1n) is 6.59. The molecule has 0 spiro atoms. The Kier molecular flexibility index (Phi) is 5.09. The van der Waals surface area contributed by atoms with Crippen LogP contribution in [0.3, 0.4) is 0 Å². The van der Waals surface area contributed by atoms with Crippen molar-refractivity contribution in [3.8, 4) is 0 Å². The van der Waals surface area contributed by atoms with E-state index in [-0.39, 0.29) is 28.5 Å². The summed E-state index contributed by atoms with van der Waals surface area (Å²) in [6.07, 6.45) is 0.425. The van der Waals surface area contributed by atoms with Crippen molar-refractivity contribution in [2.75, 3.05) is 13.2 Å². The van der Waals surface area contributed by atoms with Crippen molar-refractivity contribution in [2.24, 2.45) is 0 Å². The normalized spacial score (nSPS) is 19.1. The first-order chi connectivity index (χ1) is 9.83. The SMILES string of the molecule is CC(NC(=O)C1(O)CCOCC1)c1cc(Cl)cc(Cl)c1F. The van der Waals surface area contributed by atoms with Crippen molar-refractivity contribution in [3.63, 3.8) is 0 Å².